The summed E-state index contributed by atoms with van der Waals surface area (Å²) in [5.74, 6) is 0.920. The molecular formula is C22H30NO2P. The molecule has 2 aromatic rings. The van der Waals surface area contributed by atoms with Crippen LogP contribution < -0.4 is 10.0 Å². The number of para-hydroxylation sites is 1. The minimum atomic E-state index is 0.0376. The van der Waals surface area contributed by atoms with Crippen molar-refractivity contribution in [1.29, 1.82) is 0 Å². The predicted octanol–water partition coefficient (Wildman–Crippen LogP) is 5.05. The van der Waals surface area contributed by atoms with Crippen LogP contribution in [0.25, 0.3) is 0 Å². The lowest BCUT2D eigenvalue weighted by Crippen LogP contribution is -2.24. The summed E-state index contributed by atoms with van der Waals surface area (Å²) in [6.07, 6.45) is 4.07. The maximum absolute atomic E-state index is 5.89. The number of aliphatic imine (C=N–C) groups is 1. The van der Waals surface area contributed by atoms with Crippen molar-refractivity contribution in [1.82, 2.24) is 0 Å². The van der Waals surface area contributed by atoms with Crippen molar-refractivity contribution in [2.75, 3.05) is 21.0 Å². The lowest BCUT2D eigenvalue weighted by atomic mass is 9.92. The average molecular weight is 371 g/mol. The van der Waals surface area contributed by atoms with Crippen molar-refractivity contribution in [3.63, 3.8) is 0 Å². The van der Waals surface area contributed by atoms with Gasteiger partial charge in [-0.05, 0) is 42.8 Å². The Hall–Kier alpha value is -1.70. The summed E-state index contributed by atoms with van der Waals surface area (Å²) in [5, 5.41) is 1.39. The number of aryl methyl sites for hydroxylation is 1. The first kappa shape index (κ1) is 20.6. The molecule has 0 N–H and O–H groups in total. The van der Waals surface area contributed by atoms with Gasteiger partial charge >= 0.3 is 0 Å². The second-order valence-electron chi connectivity index (χ2n) is 6.44. The van der Waals surface area contributed by atoms with Crippen LogP contribution >= 0.6 is 8.58 Å². The van der Waals surface area contributed by atoms with Gasteiger partial charge in [0.1, 0.15) is 5.75 Å². The van der Waals surface area contributed by atoms with Gasteiger partial charge in [0.2, 0.25) is 0 Å². The van der Waals surface area contributed by atoms with Gasteiger partial charge < -0.3 is 9.47 Å². The van der Waals surface area contributed by atoms with E-state index in [4.69, 9.17) is 9.47 Å². The molecule has 0 saturated heterocycles. The third-order valence-corrected chi connectivity index (χ3v) is 6.97. The average Bonchev–Trinajstić information content (AvgIpc) is 2.67. The zero-order valence-electron chi connectivity index (χ0n) is 16.5. The number of methoxy groups -OCH3 is 1. The maximum Gasteiger partial charge on any atom is 0.188 e. The molecule has 3 nitrogen and oxygen atoms in total. The fourth-order valence-corrected chi connectivity index (χ4v) is 4.94. The highest BCUT2D eigenvalue weighted by molar-refractivity contribution is 7.48. The van der Waals surface area contributed by atoms with Gasteiger partial charge in [0.25, 0.3) is 0 Å². The van der Waals surface area contributed by atoms with Crippen LogP contribution in [0.2, 0.25) is 0 Å². The molecule has 1 unspecified atom stereocenters. The smallest absolute Gasteiger partial charge is 0.188 e. The summed E-state index contributed by atoms with van der Waals surface area (Å²) in [5.41, 5.74) is 3.74. The molecule has 0 aliphatic heterocycles. The molecule has 140 valence electrons. The fourth-order valence-electron chi connectivity index (χ4n) is 3.28. The standard InChI is InChI=1S/C22H30NO2P/c1-6-22(7-2,19-10-8-9-11-20(19)25-16-24-5)26-21-13-12-17(3)14-18(21)15-23-4/h8-15,26H,6-7,16H2,1-5H3. The zero-order chi connectivity index (χ0) is 19.0. The summed E-state index contributed by atoms with van der Waals surface area (Å²) in [7, 11) is 4.12. The van der Waals surface area contributed by atoms with E-state index in [2.05, 4.69) is 56.1 Å². The van der Waals surface area contributed by atoms with Gasteiger partial charge in [0, 0.05) is 31.1 Å². The molecule has 2 rings (SSSR count). The maximum atomic E-state index is 5.89. The molecule has 0 heterocycles. The monoisotopic (exact) mass is 371 g/mol. The first-order valence-electron chi connectivity index (χ1n) is 9.12. The number of hydrogen-bond acceptors (Lipinski definition) is 3. The minimum absolute atomic E-state index is 0.0376. The highest BCUT2D eigenvalue weighted by Gasteiger charge is 2.32. The Morgan fingerprint density at radius 3 is 2.50 bits per heavy atom. The topological polar surface area (TPSA) is 30.8 Å². The lowest BCUT2D eigenvalue weighted by molar-refractivity contribution is 0.0499. The van der Waals surface area contributed by atoms with Gasteiger partial charge in [-0.1, -0.05) is 58.3 Å². The minimum Gasteiger partial charge on any atom is -0.467 e. The van der Waals surface area contributed by atoms with Gasteiger partial charge in [-0.2, -0.15) is 0 Å². The number of nitrogens with zero attached hydrogens (tertiary/aromatic N) is 1. The Morgan fingerprint density at radius 2 is 1.85 bits per heavy atom. The van der Waals surface area contributed by atoms with Crippen molar-refractivity contribution in [2.24, 2.45) is 4.99 Å². The van der Waals surface area contributed by atoms with Crippen LogP contribution in [-0.4, -0.2) is 27.2 Å². The van der Waals surface area contributed by atoms with E-state index in [1.807, 2.05) is 25.4 Å². The van der Waals surface area contributed by atoms with E-state index >= 15 is 0 Å². The lowest BCUT2D eigenvalue weighted by Gasteiger charge is -2.34. The Morgan fingerprint density at radius 1 is 1.12 bits per heavy atom. The molecule has 0 spiro atoms. The third-order valence-electron chi connectivity index (χ3n) is 4.79. The molecule has 0 bridgehead atoms. The zero-order valence-corrected chi connectivity index (χ0v) is 17.5. The third kappa shape index (κ3) is 4.72. The van der Waals surface area contributed by atoms with E-state index in [-0.39, 0.29) is 11.9 Å². The van der Waals surface area contributed by atoms with Gasteiger partial charge in [0.15, 0.2) is 6.79 Å². The highest BCUT2D eigenvalue weighted by Crippen LogP contribution is 2.50. The van der Waals surface area contributed by atoms with E-state index < -0.39 is 0 Å². The van der Waals surface area contributed by atoms with E-state index in [0.717, 1.165) is 18.6 Å². The summed E-state index contributed by atoms with van der Waals surface area (Å²) in [6.45, 7) is 6.93. The quantitative estimate of drug-likeness (QED) is 0.351. The number of ether oxygens (including phenoxy) is 2. The van der Waals surface area contributed by atoms with Crippen molar-refractivity contribution in [3.05, 3.63) is 59.2 Å². The van der Waals surface area contributed by atoms with E-state index in [1.165, 1.54) is 22.0 Å². The van der Waals surface area contributed by atoms with E-state index in [9.17, 15) is 0 Å². The fraction of sp³-hybridized carbons (Fsp3) is 0.409. The molecule has 0 amide bonds. The summed E-state index contributed by atoms with van der Waals surface area (Å²) >= 11 is 0. The van der Waals surface area contributed by atoms with Crippen LogP contribution in [0, 0.1) is 6.92 Å². The molecule has 0 aliphatic rings. The summed E-state index contributed by atoms with van der Waals surface area (Å²) in [4.78, 5) is 4.26. The molecule has 0 saturated carbocycles. The molecule has 26 heavy (non-hydrogen) atoms. The molecule has 0 radical (unpaired) electrons. The summed E-state index contributed by atoms with van der Waals surface area (Å²) in [6, 6.07) is 15.0. The van der Waals surface area contributed by atoms with Crippen molar-refractivity contribution in [2.45, 2.75) is 38.8 Å². The van der Waals surface area contributed by atoms with Crippen LogP contribution in [0.4, 0.5) is 0 Å². The molecule has 0 fully saturated rings. The second-order valence-corrected chi connectivity index (χ2v) is 8.19. The Balaban J connectivity index is 2.49. The number of hydrogen-bond donors (Lipinski definition) is 0. The van der Waals surface area contributed by atoms with Gasteiger partial charge in [0.05, 0.1) is 0 Å². The van der Waals surface area contributed by atoms with Crippen molar-refractivity contribution >= 4 is 20.1 Å². The molecular weight excluding hydrogens is 341 g/mol. The van der Waals surface area contributed by atoms with E-state index in [0.29, 0.717) is 8.58 Å². The second kappa shape index (κ2) is 9.85. The largest absolute Gasteiger partial charge is 0.467 e. The van der Waals surface area contributed by atoms with Crippen LogP contribution in [-0.2, 0) is 9.89 Å². The predicted molar refractivity (Wildman–Crippen MR) is 114 cm³/mol. The van der Waals surface area contributed by atoms with Crippen LogP contribution in [0.1, 0.15) is 43.4 Å². The Labute approximate surface area is 159 Å². The Bertz CT molecular complexity index is 739. The summed E-state index contributed by atoms with van der Waals surface area (Å²) < 4.78 is 11.0. The Kier molecular flexibility index (Phi) is 7.81. The molecule has 4 heteroatoms. The van der Waals surface area contributed by atoms with Crippen LogP contribution in [0.3, 0.4) is 0 Å². The van der Waals surface area contributed by atoms with Crippen LogP contribution in [0.5, 0.6) is 5.75 Å². The first-order valence-corrected chi connectivity index (χ1v) is 10.1. The molecule has 2 aromatic carbocycles. The van der Waals surface area contributed by atoms with Gasteiger partial charge in [-0.25, -0.2) is 0 Å². The van der Waals surface area contributed by atoms with Crippen molar-refractivity contribution < 1.29 is 9.47 Å². The van der Waals surface area contributed by atoms with Gasteiger partial charge in [-0.3, -0.25) is 4.99 Å². The van der Waals surface area contributed by atoms with Crippen molar-refractivity contribution in [3.8, 4) is 5.75 Å². The first-order chi connectivity index (χ1) is 12.6. The molecule has 0 aliphatic carbocycles. The van der Waals surface area contributed by atoms with Gasteiger partial charge in [-0.15, -0.1) is 0 Å². The van der Waals surface area contributed by atoms with E-state index in [1.54, 1.807) is 7.11 Å². The molecule has 1 atom stereocenters. The molecule has 0 aromatic heterocycles. The number of benzene rings is 2. The number of rotatable bonds is 9. The SMILES string of the molecule is CCC(CC)(Pc1ccc(C)cc1C=NC)c1ccccc1OCOC. The highest BCUT2D eigenvalue weighted by atomic mass is 31.1. The van der Waals surface area contributed by atoms with Crippen LogP contribution in [0.15, 0.2) is 47.5 Å². The normalized spacial score (nSPS) is 12.3.